The quantitative estimate of drug-likeness (QED) is 0.615. The Labute approximate surface area is 114 Å². The third-order valence-corrected chi connectivity index (χ3v) is 3.48. The number of hydrogen-bond donors (Lipinski definition) is 2. The summed E-state index contributed by atoms with van der Waals surface area (Å²) in [5, 5.41) is 8.05. The largest absolute Gasteiger partial charge is 0.384 e. The summed E-state index contributed by atoms with van der Waals surface area (Å²) in [6.07, 6.45) is 1.18. The summed E-state index contributed by atoms with van der Waals surface area (Å²) in [7, 11) is 2.10. The second-order valence-corrected chi connectivity index (χ2v) is 5.34. The number of nitrogens with two attached hydrogens (primary N) is 1. The molecule has 0 aromatic heterocycles. The minimum atomic E-state index is 0.0522. The average molecular weight is 268 g/mol. The Hall–Kier alpha value is -1.06. The monoisotopic (exact) mass is 267 g/mol. The molecule has 1 aromatic carbocycles. The molecule has 1 rings (SSSR count). The minimum Gasteiger partial charge on any atom is -0.384 e. The predicted octanol–water partition coefficient (Wildman–Crippen LogP) is 3.10. The number of amidine groups is 1. The molecule has 100 valence electrons. The molecule has 1 aromatic rings. The van der Waals surface area contributed by atoms with E-state index < -0.39 is 0 Å². The van der Waals surface area contributed by atoms with Gasteiger partial charge in [0.15, 0.2) is 0 Å². The molecular formula is C14H22ClN3. The Bertz CT molecular complexity index is 418. The number of nitrogen functional groups attached to an aromatic ring is 1. The normalized spacial score (nSPS) is 12.7. The van der Waals surface area contributed by atoms with Crippen LogP contribution in [0.5, 0.6) is 0 Å². The molecule has 1 unspecified atom stereocenters. The summed E-state index contributed by atoms with van der Waals surface area (Å²) in [4.78, 5) is 2.27. The lowest BCUT2D eigenvalue weighted by Crippen LogP contribution is -2.24. The molecule has 0 aliphatic carbocycles. The molecule has 0 heterocycles. The van der Waals surface area contributed by atoms with Crippen LogP contribution in [0.2, 0.25) is 5.02 Å². The van der Waals surface area contributed by atoms with Crippen LogP contribution >= 0.6 is 11.6 Å². The van der Waals surface area contributed by atoms with Gasteiger partial charge in [0, 0.05) is 23.7 Å². The van der Waals surface area contributed by atoms with Gasteiger partial charge in [-0.2, -0.15) is 0 Å². The molecule has 0 fully saturated rings. The molecule has 0 aliphatic rings. The van der Waals surface area contributed by atoms with Crippen LogP contribution in [0.3, 0.4) is 0 Å². The fraction of sp³-hybridized carbons (Fsp3) is 0.500. The first-order valence-electron chi connectivity index (χ1n) is 6.25. The number of halogens is 1. The van der Waals surface area contributed by atoms with E-state index in [-0.39, 0.29) is 5.84 Å². The highest BCUT2D eigenvalue weighted by Gasteiger charge is 2.09. The maximum absolute atomic E-state index is 7.37. The van der Waals surface area contributed by atoms with Crippen LogP contribution in [0.15, 0.2) is 18.2 Å². The van der Waals surface area contributed by atoms with Crippen molar-refractivity contribution in [2.75, 3.05) is 13.6 Å². The Kier molecular flexibility index (Phi) is 5.63. The molecule has 0 bridgehead atoms. The lowest BCUT2D eigenvalue weighted by molar-refractivity contribution is 0.275. The zero-order chi connectivity index (χ0) is 13.7. The van der Waals surface area contributed by atoms with Gasteiger partial charge in [-0.15, -0.1) is 0 Å². The molecule has 4 heteroatoms. The molecule has 0 spiro atoms. The van der Waals surface area contributed by atoms with Gasteiger partial charge in [-0.25, -0.2) is 0 Å². The molecule has 0 radical (unpaired) electrons. The van der Waals surface area contributed by atoms with Gasteiger partial charge in [0.1, 0.15) is 5.84 Å². The van der Waals surface area contributed by atoms with Crippen molar-refractivity contribution < 1.29 is 0 Å². The van der Waals surface area contributed by atoms with E-state index in [9.17, 15) is 0 Å². The van der Waals surface area contributed by atoms with Crippen molar-refractivity contribution in [1.29, 1.82) is 5.41 Å². The number of nitrogens with one attached hydrogen (secondary N) is 1. The van der Waals surface area contributed by atoms with E-state index in [1.807, 2.05) is 12.1 Å². The fourth-order valence-corrected chi connectivity index (χ4v) is 2.10. The molecule has 0 amide bonds. The highest BCUT2D eigenvalue weighted by atomic mass is 35.5. The third-order valence-electron chi connectivity index (χ3n) is 3.12. The SMILES string of the molecule is CCC(C)CN(C)Cc1ccc(C(=N)N)cc1Cl. The van der Waals surface area contributed by atoms with Gasteiger partial charge in [-0.1, -0.05) is 44.0 Å². The van der Waals surface area contributed by atoms with Crippen LogP contribution in [0, 0.1) is 11.3 Å². The van der Waals surface area contributed by atoms with E-state index in [1.165, 1.54) is 6.42 Å². The van der Waals surface area contributed by atoms with Crippen molar-refractivity contribution in [2.24, 2.45) is 11.7 Å². The van der Waals surface area contributed by atoms with Gasteiger partial charge < -0.3 is 10.6 Å². The van der Waals surface area contributed by atoms with Crippen molar-refractivity contribution in [1.82, 2.24) is 4.90 Å². The highest BCUT2D eigenvalue weighted by molar-refractivity contribution is 6.31. The maximum atomic E-state index is 7.37. The van der Waals surface area contributed by atoms with E-state index in [0.717, 1.165) is 18.7 Å². The highest BCUT2D eigenvalue weighted by Crippen LogP contribution is 2.19. The molecule has 0 saturated heterocycles. The Morgan fingerprint density at radius 2 is 2.17 bits per heavy atom. The first-order chi connectivity index (χ1) is 8.43. The Morgan fingerprint density at radius 1 is 1.50 bits per heavy atom. The summed E-state index contributed by atoms with van der Waals surface area (Å²) in [5.74, 6) is 0.738. The van der Waals surface area contributed by atoms with E-state index in [1.54, 1.807) is 6.07 Å². The van der Waals surface area contributed by atoms with E-state index in [4.69, 9.17) is 22.7 Å². The van der Waals surface area contributed by atoms with Crippen LogP contribution in [0.4, 0.5) is 0 Å². The van der Waals surface area contributed by atoms with E-state index in [2.05, 4.69) is 25.8 Å². The molecule has 3 N–H and O–H groups in total. The van der Waals surface area contributed by atoms with Crippen LogP contribution in [-0.4, -0.2) is 24.3 Å². The topological polar surface area (TPSA) is 53.1 Å². The lowest BCUT2D eigenvalue weighted by Gasteiger charge is -2.21. The standard InChI is InChI=1S/C14H22ClN3/c1-4-10(2)8-18(3)9-12-6-5-11(14(16)17)7-13(12)15/h5-7,10H,4,8-9H2,1-3H3,(H3,16,17). The second kappa shape index (κ2) is 6.76. The summed E-state index contributed by atoms with van der Waals surface area (Å²) in [6.45, 7) is 6.33. The second-order valence-electron chi connectivity index (χ2n) is 4.93. The summed E-state index contributed by atoms with van der Waals surface area (Å²) in [5.41, 5.74) is 7.18. The number of hydrogen-bond acceptors (Lipinski definition) is 2. The van der Waals surface area contributed by atoms with Crippen molar-refractivity contribution in [3.05, 3.63) is 34.3 Å². The van der Waals surface area contributed by atoms with Crippen molar-refractivity contribution in [3.63, 3.8) is 0 Å². The first kappa shape index (κ1) is 15.0. The van der Waals surface area contributed by atoms with Gasteiger partial charge in [-0.05, 0) is 24.6 Å². The molecule has 3 nitrogen and oxygen atoms in total. The van der Waals surface area contributed by atoms with Gasteiger partial charge in [0.05, 0.1) is 0 Å². The third kappa shape index (κ3) is 4.31. The Morgan fingerprint density at radius 3 is 2.67 bits per heavy atom. The smallest absolute Gasteiger partial charge is 0.122 e. The number of nitrogens with zero attached hydrogens (tertiary/aromatic N) is 1. The number of benzene rings is 1. The van der Waals surface area contributed by atoms with Crippen LogP contribution in [0.25, 0.3) is 0 Å². The average Bonchev–Trinajstić information content (AvgIpc) is 2.31. The zero-order valence-electron chi connectivity index (χ0n) is 11.3. The van der Waals surface area contributed by atoms with Crippen molar-refractivity contribution in [3.8, 4) is 0 Å². The molecule has 0 saturated carbocycles. The molecule has 18 heavy (non-hydrogen) atoms. The van der Waals surface area contributed by atoms with E-state index >= 15 is 0 Å². The lowest BCUT2D eigenvalue weighted by atomic mass is 10.1. The van der Waals surface area contributed by atoms with Gasteiger partial charge >= 0.3 is 0 Å². The maximum Gasteiger partial charge on any atom is 0.122 e. The zero-order valence-corrected chi connectivity index (χ0v) is 12.1. The molecule has 0 aliphatic heterocycles. The van der Waals surface area contributed by atoms with Crippen molar-refractivity contribution in [2.45, 2.75) is 26.8 Å². The summed E-state index contributed by atoms with van der Waals surface area (Å²) >= 11 is 6.21. The molecular weight excluding hydrogens is 246 g/mol. The van der Waals surface area contributed by atoms with Crippen molar-refractivity contribution >= 4 is 17.4 Å². The van der Waals surface area contributed by atoms with Gasteiger partial charge in [-0.3, -0.25) is 5.41 Å². The summed E-state index contributed by atoms with van der Waals surface area (Å²) < 4.78 is 0. The van der Waals surface area contributed by atoms with Gasteiger partial charge in [0.25, 0.3) is 0 Å². The van der Waals surface area contributed by atoms with Crippen LogP contribution in [0.1, 0.15) is 31.4 Å². The van der Waals surface area contributed by atoms with Gasteiger partial charge in [0.2, 0.25) is 0 Å². The fourth-order valence-electron chi connectivity index (χ4n) is 1.86. The predicted molar refractivity (Wildman–Crippen MR) is 78.3 cm³/mol. The minimum absolute atomic E-state index is 0.0522. The Balaban J connectivity index is 2.70. The van der Waals surface area contributed by atoms with Crippen LogP contribution in [-0.2, 0) is 6.54 Å². The number of rotatable bonds is 6. The van der Waals surface area contributed by atoms with E-state index in [0.29, 0.717) is 16.5 Å². The first-order valence-corrected chi connectivity index (χ1v) is 6.63. The summed E-state index contributed by atoms with van der Waals surface area (Å²) in [6, 6.07) is 5.56. The van der Waals surface area contributed by atoms with Crippen LogP contribution < -0.4 is 5.73 Å². The molecule has 1 atom stereocenters.